The lowest BCUT2D eigenvalue weighted by molar-refractivity contribution is -0.120. The van der Waals surface area contributed by atoms with Gasteiger partial charge in [-0.1, -0.05) is 47.9 Å². The maximum Gasteiger partial charge on any atom is 0.263 e. The van der Waals surface area contributed by atoms with Crippen molar-refractivity contribution in [2.24, 2.45) is 5.10 Å². The van der Waals surface area contributed by atoms with Gasteiger partial charge in [0.25, 0.3) is 11.8 Å². The first kappa shape index (κ1) is 20.4. The van der Waals surface area contributed by atoms with Crippen molar-refractivity contribution in [3.05, 3.63) is 64.0 Å². The molecule has 0 aliphatic rings. The van der Waals surface area contributed by atoms with Crippen LogP contribution in [0.3, 0.4) is 0 Å². The number of rotatable bonds is 7. The van der Waals surface area contributed by atoms with E-state index in [9.17, 15) is 9.59 Å². The molecular formula is C21H16ClN3O3S. The van der Waals surface area contributed by atoms with Crippen molar-refractivity contribution in [1.29, 1.82) is 0 Å². The number of fused-ring (bicyclic) bond motifs is 1. The summed E-state index contributed by atoms with van der Waals surface area (Å²) in [5.74, 6) is 2.05. The van der Waals surface area contributed by atoms with Gasteiger partial charge in [-0.05, 0) is 18.2 Å². The molecule has 8 heteroatoms. The molecule has 0 unspecified atom stereocenters. The molecule has 0 saturated carbocycles. The molecule has 3 aromatic rings. The van der Waals surface area contributed by atoms with Crippen molar-refractivity contribution in [3.8, 4) is 18.1 Å². The lowest BCUT2D eigenvalue weighted by Crippen LogP contribution is -2.34. The van der Waals surface area contributed by atoms with Crippen LogP contribution in [0.1, 0.15) is 15.2 Å². The largest absolute Gasteiger partial charge is 0.480 e. The number of para-hydroxylation sites is 1. The Morgan fingerprint density at radius 1 is 1.21 bits per heavy atom. The number of benzene rings is 2. The molecule has 6 nitrogen and oxygen atoms in total. The van der Waals surface area contributed by atoms with Crippen molar-refractivity contribution in [1.82, 2.24) is 10.7 Å². The molecule has 146 valence electrons. The molecule has 0 spiro atoms. The van der Waals surface area contributed by atoms with E-state index in [1.54, 1.807) is 24.3 Å². The van der Waals surface area contributed by atoms with Gasteiger partial charge in [0.15, 0.2) is 0 Å². The number of hydrogen-bond acceptors (Lipinski definition) is 5. The molecule has 29 heavy (non-hydrogen) atoms. The third-order valence-corrected chi connectivity index (χ3v) is 5.45. The van der Waals surface area contributed by atoms with Gasteiger partial charge in [-0.3, -0.25) is 9.59 Å². The maximum atomic E-state index is 12.3. The summed E-state index contributed by atoms with van der Waals surface area (Å²) in [7, 11) is 0. The Morgan fingerprint density at radius 2 is 1.97 bits per heavy atom. The van der Waals surface area contributed by atoms with E-state index in [-0.39, 0.29) is 13.2 Å². The Labute approximate surface area is 176 Å². The van der Waals surface area contributed by atoms with Crippen molar-refractivity contribution in [2.45, 2.75) is 0 Å². The highest BCUT2D eigenvalue weighted by molar-refractivity contribution is 7.21. The second kappa shape index (κ2) is 9.73. The van der Waals surface area contributed by atoms with Crippen molar-refractivity contribution in [3.63, 3.8) is 0 Å². The van der Waals surface area contributed by atoms with Crippen LogP contribution in [-0.4, -0.2) is 31.2 Å². The zero-order chi connectivity index (χ0) is 20.6. The summed E-state index contributed by atoms with van der Waals surface area (Å²) in [6.07, 6.45) is 6.63. The quantitative estimate of drug-likeness (QED) is 0.345. The predicted octanol–water partition coefficient (Wildman–Crippen LogP) is 3.45. The zero-order valence-electron chi connectivity index (χ0n) is 15.1. The summed E-state index contributed by atoms with van der Waals surface area (Å²) in [6.45, 7) is -0.112. The van der Waals surface area contributed by atoms with E-state index in [4.69, 9.17) is 22.8 Å². The number of thiophene rings is 1. The molecule has 0 aliphatic heterocycles. The summed E-state index contributed by atoms with van der Waals surface area (Å²) in [5, 5.41) is 7.61. The molecule has 1 heterocycles. The van der Waals surface area contributed by atoms with Crippen molar-refractivity contribution in [2.75, 3.05) is 13.2 Å². The highest BCUT2D eigenvalue weighted by atomic mass is 35.5. The first-order chi connectivity index (χ1) is 14.1. The Kier molecular flexibility index (Phi) is 6.85. The Hall–Kier alpha value is -3.34. The van der Waals surface area contributed by atoms with Crippen LogP contribution in [0.15, 0.2) is 53.6 Å². The van der Waals surface area contributed by atoms with Gasteiger partial charge in [0.05, 0.1) is 17.8 Å². The van der Waals surface area contributed by atoms with E-state index in [0.29, 0.717) is 21.2 Å². The van der Waals surface area contributed by atoms with Crippen LogP contribution in [0.4, 0.5) is 0 Å². The van der Waals surface area contributed by atoms with E-state index < -0.39 is 11.8 Å². The van der Waals surface area contributed by atoms with Crippen LogP contribution in [0, 0.1) is 12.3 Å². The van der Waals surface area contributed by atoms with Crippen LogP contribution in [0.2, 0.25) is 5.02 Å². The van der Waals surface area contributed by atoms with Gasteiger partial charge in [-0.15, -0.1) is 17.8 Å². The van der Waals surface area contributed by atoms with Crippen LogP contribution in [-0.2, 0) is 4.79 Å². The highest BCUT2D eigenvalue weighted by Crippen LogP contribution is 2.34. The molecular weight excluding hydrogens is 410 g/mol. The Bertz CT molecular complexity index is 1120. The zero-order valence-corrected chi connectivity index (χ0v) is 16.7. The van der Waals surface area contributed by atoms with Crippen LogP contribution in [0.25, 0.3) is 10.1 Å². The van der Waals surface area contributed by atoms with Gasteiger partial charge >= 0.3 is 0 Å². The topological polar surface area (TPSA) is 79.8 Å². The fraction of sp³-hybridized carbons (Fsp3) is 0.0952. The number of hydrazone groups is 1. The van der Waals surface area contributed by atoms with Gasteiger partial charge < -0.3 is 10.1 Å². The molecule has 2 aromatic carbocycles. The molecule has 0 saturated heterocycles. The van der Waals surface area contributed by atoms with E-state index in [1.165, 1.54) is 17.6 Å². The fourth-order valence-electron chi connectivity index (χ4n) is 2.45. The molecule has 0 atom stereocenters. The standard InChI is InChI=1S/C21H16ClN3O3S/c1-2-11-28-16-9-5-3-7-14(16)12-24-25-18(26)13-23-21(27)20-19(22)15-8-4-6-10-17(15)29-20/h1,3-10,12H,11,13H2,(H,23,27)(H,25,26)/b24-12+. The van der Waals surface area contributed by atoms with Gasteiger partial charge in [-0.2, -0.15) is 5.10 Å². The molecule has 1 aromatic heterocycles. The molecule has 0 radical (unpaired) electrons. The number of nitrogens with zero attached hydrogens (tertiary/aromatic N) is 1. The maximum absolute atomic E-state index is 12.3. The van der Waals surface area contributed by atoms with Gasteiger partial charge in [-0.25, -0.2) is 5.43 Å². The molecule has 0 fully saturated rings. The van der Waals surface area contributed by atoms with Crippen molar-refractivity contribution < 1.29 is 14.3 Å². The predicted molar refractivity (Wildman–Crippen MR) is 116 cm³/mol. The lowest BCUT2D eigenvalue weighted by atomic mass is 10.2. The van der Waals surface area contributed by atoms with Crippen LogP contribution in [0.5, 0.6) is 5.75 Å². The van der Waals surface area contributed by atoms with Crippen LogP contribution < -0.4 is 15.5 Å². The molecule has 0 aliphatic carbocycles. The molecule has 3 rings (SSSR count). The summed E-state index contributed by atoms with van der Waals surface area (Å²) in [6, 6.07) is 14.6. The number of halogens is 1. The highest BCUT2D eigenvalue weighted by Gasteiger charge is 2.17. The minimum Gasteiger partial charge on any atom is -0.480 e. The second-order valence-electron chi connectivity index (χ2n) is 5.75. The SMILES string of the molecule is C#CCOc1ccccc1/C=N/NC(=O)CNC(=O)c1sc2ccccc2c1Cl. The van der Waals surface area contributed by atoms with Gasteiger partial charge in [0, 0.05) is 15.6 Å². The minimum absolute atomic E-state index is 0.129. The van der Waals surface area contributed by atoms with Gasteiger partial charge in [0.2, 0.25) is 0 Å². The number of carbonyl (C=O) groups excluding carboxylic acids is 2. The number of ether oxygens (including phenoxy) is 1. The monoisotopic (exact) mass is 425 g/mol. The van der Waals surface area contributed by atoms with Crippen molar-refractivity contribution >= 4 is 51.1 Å². The normalized spacial score (nSPS) is 10.6. The average Bonchev–Trinajstić information content (AvgIpc) is 3.08. The van der Waals surface area contributed by atoms with E-state index >= 15 is 0 Å². The first-order valence-electron chi connectivity index (χ1n) is 8.52. The summed E-state index contributed by atoms with van der Waals surface area (Å²) in [4.78, 5) is 24.7. The summed E-state index contributed by atoms with van der Waals surface area (Å²) in [5.41, 5.74) is 3.01. The molecule has 2 amide bonds. The number of amides is 2. The van der Waals surface area contributed by atoms with E-state index in [1.807, 2.05) is 24.3 Å². The fourth-order valence-corrected chi connectivity index (χ4v) is 3.89. The first-order valence-corrected chi connectivity index (χ1v) is 9.72. The lowest BCUT2D eigenvalue weighted by Gasteiger charge is -2.06. The minimum atomic E-state index is -0.478. The average molecular weight is 426 g/mol. The number of carbonyl (C=O) groups is 2. The summed E-state index contributed by atoms with van der Waals surface area (Å²) >= 11 is 7.54. The second-order valence-corrected chi connectivity index (χ2v) is 7.18. The van der Waals surface area contributed by atoms with Crippen LogP contribution >= 0.6 is 22.9 Å². The van der Waals surface area contributed by atoms with E-state index in [2.05, 4.69) is 21.8 Å². The number of hydrogen-bond donors (Lipinski definition) is 2. The van der Waals surface area contributed by atoms with E-state index in [0.717, 1.165) is 10.1 Å². The molecule has 0 bridgehead atoms. The Morgan fingerprint density at radius 3 is 2.76 bits per heavy atom. The van der Waals surface area contributed by atoms with Gasteiger partial charge in [0.1, 0.15) is 17.2 Å². The molecule has 2 N–H and O–H groups in total. The number of nitrogens with one attached hydrogen (secondary N) is 2. The smallest absolute Gasteiger partial charge is 0.263 e. The Balaban J connectivity index is 1.55. The third-order valence-electron chi connectivity index (χ3n) is 3.77. The third kappa shape index (κ3) is 5.13. The summed E-state index contributed by atoms with van der Waals surface area (Å²) < 4.78 is 6.30. The number of terminal acetylenes is 1.